The van der Waals surface area contributed by atoms with Gasteiger partial charge in [0.1, 0.15) is 22.4 Å². The van der Waals surface area contributed by atoms with Gasteiger partial charge in [-0.2, -0.15) is 0 Å². The summed E-state index contributed by atoms with van der Waals surface area (Å²) in [6.07, 6.45) is 1.74. The Morgan fingerprint density at radius 2 is 1.20 bits per heavy atom. The van der Waals surface area contributed by atoms with Gasteiger partial charge in [-0.25, -0.2) is 19.9 Å². The summed E-state index contributed by atoms with van der Waals surface area (Å²) in [5.74, 6) is 2.11. The summed E-state index contributed by atoms with van der Waals surface area (Å²) in [5, 5.41) is 3.78. The molecule has 0 spiro atoms. The zero-order valence-corrected chi connectivity index (χ0v) is 23.2. The predicted octanol–water partition coefficient (Wildman–Crippen LogP) is 9.13. The average molecular weight is 568 g/mol. The maximum absolute atomic E-state index is 6.55. The molecule has 44 heavy (non-hydrogen) atoms. The number of fused-ring (bicyclic) bond motifs is 7. The largest absolute Gasteiger partial charge is 0.456 e. The molecular formula is C37H21N5O2. The zero-order valence-electron chi connectivity index (χ0n) is 23.2. The molecule has 4 aromatic heterocycles. The van der Waals surface area contributed by atoms with E-state index in [2.05, 4.69) is 17.1 Å². The lowest BCUT2D eigenvalue weighted by Crippen LogP contribution is -2.01. The van der Waals surface area contributed by atoms with Gasteiger partial charge in [-0.15, -0.1) is 0 Å². The summed E-state index contributed by atoms with van der Waals surface area (Å²) >= 11 is 0. The van der Waals surface area contributed by atoms with E-state index in [1.807, 2.05) is 109 Å². The monoisotopic (exact) mass is 567 g/mol. The third-order valence-corrected chi connectivity index (χ3v) is 7.82. The molecule has 0 radical (unpaired) electrons. The third-order valence-electron chi connectivity index (χ3n) is 7.82. The molecule has 4 heterocycles. The van der Waals surface area contributed by atoms with Crippen molar-refractivity contribution in [1.82, 2.24) is 24.9 Å². The Kier molecular flexibility index (Phi) is 5.36. The molecule has 5 aromatic carbocycles. The quantitative estimate of drug-likeness (QED) is 0.209. The minimum atomic E-state index is 0.486. The lowest BCUT2D eigenvalue weighted by atomic mass is 9.97. The van der Waals surface area contributed by atoms with E-state index in [1.54, 1.807) is 6.20 Å². The first-order valence-electron chi connectivity index (χ1n) is 14.3. The van der Waals surface area contributed by atoms with Gasteiger partial charge < -0.3 is 8.83 Å². The maximum Gasteiger partial charge on any atom is 0.227 e. The van der Waals surface area contributed by atoms with E-state index in [9.17, 15) is 0 Å². The van der Waals surface area contributed by atoms with Gasteiger partial charge in [-0.3, -0.25) is 4.98 Å². The molecule has 0 unspecified atom stereocenters. The van der Waals surface area contributed by atoms with Crippen LogP contribution in [0.3, 0.4) is 0 Å². The average Bonchev–Trinajstić information content (AvgIpc) is 3.71. The van der Waals surface area contributed by atoms with Crippen molar-refractivity contribution < 1.29 is 8.83 Å². The molecule has 0 bridgehead atoms. The molecule has 206 valence electrons. The second-order valence-electron chi connectivity index (χ2n) is 10.5. The van der Waals surface area contributed by atoms with E-state index in [1.165, 1.54) is 0 Å². The minimum Gasteiger partial charge on any atom is -0.456 e. The van der Waals surface area contributed by atoms with Gasteiger partial charge in [0.25, 0.3) is 0 Å². The second-order valence-corrected chi connectivity index (χ2v) is 10.5. The van der Waals surface area contributed by atoms with E-state index in [0.29, 0.717) is 40.2 Å². The SMILES string of the molecule is c1ccc(-c2nc(-c3ccccn3)nc(-c3cc4oc5ccccc5c4c4c3ccc3nc(-c5ccccc5)oc34)n2)cc1. The van der Waals surface area contributed by atoms with Crippen LogP contribution >= 0.6 is 0 Å². The highest BCUT2D eigenvalue weighted by Crippen LogP contribution is 2.43. The van der Waals surface area contributed by atoms with E-state index in [-0.39, 0.29) is 0 Å². The fourth-order valence-electron chi connectivity index (χ4n) is 5.81. The summed E-state index contributed by atoms with van der Waals surface area (Å²) in [5.41, 5.74) is 6.18. The normalized spacial score (nSPS) is 11.6. The predicted molar refractivity (Wildman–Crippen MR) is 172 cm³/mol. The van der Waals surface area contributed by atoms with Gasteiger partial charge in [0.2, 0.25) is 5.89 Å². The Morgan fingerprint density at radius 3 is 2.02 bits per heavy atom. The van der Waals surface area contributed by atoms with Gasteiger partial charge in [-0.05, 0) is 47.9 Å². The van der Waals surface area contributed by atoms with Crippen LogP contribution < -0.4 is 0 Å². The first-order valence-corrected chi connectivity index (χ1v) is 14.3. The highest BCUT2D eigenvalue weighted by molar-refractivity contribution is 6.27. The van der Waals surface area contributed by atoms with Crippen LogP contribution in [0.2, 0.25) is 0 Å². The van der Waals surface area contributed by atoms with Crippen LogP contribution in [-0.2, 0) is 0 Å². The fraction of sp³-hybridized carbons (Fsp3) is 0. The van der Waals surface area contributed by atoms with Crippen LogP contribution in [0.4, 0.5) is 0 Å². The highest BCUT2D eigenvalue weighted by Gasteiger charge is 2.22. The van der Waals surface area contributed by atoms with Crippen LogP contribution in [0.1, 0.15) is 0 Å². The summed E-state index contributed by atoms with van der Waals surface area (Å²) in [4.78, 5) is 24.2. The molecule has 0 amide bonds. The van der Waals surface area contributed by atoms with Gasteiger partial charge in [0, 0.05) is 39.0 Å². The van der Waals surface area contributed by atoms with Gasteiger partial charge >= 0.3 is 0 Å². The van der Waals surface area contributed by atoms with Crippen molar-refractivity contribution in [1.29, 1.82) is 0 Å². The van der Waals surface area contributed by atoms with Crippen molar-refractivity contribution in [2.24, 2.45) is 0 Å². The number of nitrogens with zero attached hydrogens (tertiary/aromatic N) is 5. The summed E-state index contributed by atoms with van der Waals surface area (Å²) in [6, 6.07) is 39.6. The fourth-order valence-corrected chi connectivity index (χ4v) is 5.81. The maximum atomic E-state index is 6.55. The molecule has 0 aliphatic rings. The smallest absolute Gasteiger partial charge is 0.227 e. The van der Waals surface area contributed by atoms with Crippen molar-refractivity contribution >= 4 is 43.8 Å². The molecule has 0 atom stereocenters. The molecule has 0 saturated heterocycles. The number of oxazole rings is 1. The Labute approximate surface area is 250 Å². The number of benzene rings is 5. The molecule has 9 rings (SSSR count). The third kappa shape index (κ3) is 3.87. The van der Waals surface area contributed by atoms with Gasteiger partial charge in [-0.1, -0.05) is 78.9 Å². The van der Waals surface area contributed by atoms with Crippen molar-refractivity contribution in [3.05, 3.63) is 128 Å². The first-order chi connectivity index (χ1) is 21.8. The van der Waals surface area contributed by atoms with Crippen molar-refractivity contribution in [2.45, 2.75) is 0 Å². The van der Waals surface area contributed by atoms with Crippen LogP contribution in [-0.4, -0.2) is 24.9 Å². The molecule has 7 nitrogen and oxygen atoms in total. The number of para-hydroxylation sites is 1. The van der Waals surface area contributed by atoms with E-state index in [4.69, 9.17) is 28.8 Å². The topological polar surface area (TPSA) is 90.7 Å². The van der Waals surface area contributed by atoms with Crippen LogP contribution in [0, 0.1) is 0 Å². The highest BCUT2D eigenvalue weighted by atomic mass is 16.3. The Morgan fingerprint density at radius 1 is 0.477 bits per heavy atom. The summed E-state index contributed by atoms with van der Waals surface area (Å²) < 4.78 is 13.0. The molecular weight excluding hydrogens is 546 g/mol. The number of hydrogen-bond acceptors (Lipinski definition) is 7. The molecule has 0 aliphatic heterocycles. The molecule has 0 N–H and O–H groups in total. The van der Waals surface area contributed by atoms with Crippen molar-refractivity contribution in [2.75, 3.05) is 0 Å². The Balaban J connectivity index is 1.39. The molecule has 0 fully saturated rings. The molecule has 9 aromatic rings. The molecule has 0 saturated carbocycles. The van der Waals surface area contributed by atoms with Crippen LogP contribution in [0.25, 0.3) is 89.6 Å². The van der Waals surface area contributed by atoms with E-state index >= 15 is 0 Å². The van der Waals surface area contributed by atoms with Gasteiger partial charge in [0.05, 0.1) is 0 Å². The van der Waals surface area contributed by atoms with E-state index < -0.39 is 0 Å². The molecule has 7 heteroatoms. The summed E-state index contributed by atoms with van der Waals surface area (Å²) in [6.45, 7) is 0. The van der Waals surface area contributed by atoms with Crippen LogP contribution in [0.5, 0.6) is 0 Å². The number of hydrogen-bond donors (Lipinski definition) is 0. The number of furan rings is 1. The summed E-state index contributed by atoms with van der Waals surface area (Å²) in [7, 11) is 0. The lowest BCUT2D eigenvalue weighted by Gasteiger charge is -2.11. The number of aromatic nitrogens is 5. The standard InChI is InChI=1S/C37H21N5O2/c1-3-11-22(12-4-1)34-40-35(42-36(41-34)28-16-9-10-20-38-28)26-21-30-31(25-15-7-8-17-29(25)43-30)32-24(26)18-19-27-33(32)44-37(39-27)23-13-5-2-6-14-23/h1-21H. The van der Waals surface area contributed by atoms with Crippen LogP contribution in [0.15, 0.2) is 136 Å². The first kappa shape index (κ1) is 24.4. The van der Waals surface area contributed by atoms with E-state index in [0.717, 1.165) is 49.3 Å². The Bertz CT molecular complexity index is 2430. The second kappa shape index (κ2) is 9.68. The van der Waals surface area contributed by atoms with Crippen molar-refractivity contribution in [3.8, 4) is 45.7 Å². The van der Waals surface area contributed by atoms with Gasteiger partial charge in [0.15, 0.2) is 23.1 Å². The minimum absolute atomic E-state index is 0.486. The number of rotatable bonds is 4. The van der Waals surface area contributed by atoms with Crippen molar-refractivity contribution in [3.63, 3.8) is 0 Å². The lowest BCUT2D eigenvalue weighted by molar-refractivity contribution is 0.623. The molecule has 0 aliphatic carbocycles. The zero-order chi connectivity index (χ0) is 29.0. The Hall–Kier alpha value is -6.21. The number of pyridine rings is 1.